The van der Waals surface area contributed by atoms with Gasteiger partial charge in [0.15, 0.2) is 0 Å². The molecule has 0 amide bonds. The highest BCUT2D eigenvalue weighted by molar-refractivity contribution is 5.13. The number of hydrogen-bond donors (Lipinski definition) is 2. The Balaban J connectivity index is 2.46. The van der Waals surface area contributed by atoms with Gasteiger partial charge < -0.3 is 10.4 Å². The maximum absolute atomic E-state index is 8.71. The topological polar surface area (TPSA) is 32.3 Å². The molecule has 0 spiro atoms. The van der Waals surface area contributed by atoms with E-state index in [0.29, 0.717) is 12.0 Å². The van der Waals surface area contributed by atoms with Crippen LogP contribution in [0.25, 0.3) is 0 Å². The molecule has 1 aliphatic carbocycles. The van der Waals surface area contributed by atoms with Crippen LogP contribution >= 0.6 is 0 Å². The van der Waals surface area contributed by atoms with Gasteiger partial charge in [-0.05, 0) is 38.0 Å². The van der Waals surface area contributed by atoms with E-state index in [1.165, 1.54) is 31.4 Å². The number of aliphatic hydroxyl groups is 1. The van der Waals surface area contributed by atoms with Crippen LogP contribution in [0.15, 0.2) is 11.3 Å². The Bertz CT molecular complexity index is 206. The van der Waals surface area contributed by atoms with Gasteiger partial charge in [0.2, 0.25) is 0 Å². The zero-order valence-corrected chi connectivity index (χ0v) is 9.69. The number of nitrogens with one attached hydrogen (secondary N) is 1. The van der Waals surface area contributed by atoms with Crippen molar-refractivity contribution in [2.75, 3.05) is 13.2 Å². The second-order valence-corrected chi connectivity index (χ2v) is 5.04. The fourth-order valence-electron chi connectivity index (χ4n) is 1.97. The Labute approximate surface area is 87.4 Å². The van der Waals surface area contributed by atoms with Gasteiger partial charge >= 0.3 is 0 Å². The monoisotopic (exact) mass is 197 g/mol. The summed E-state index contributed by atoms with van der Waals surface area (Å²) in [5.41, 5.74) is 3.37. The lowest BCUT2D eigenvalue weighted by molar-refractivity contribution is 0.274. The number of rotatable bonds is 3. The van der Waals surface area contributed by atoms with E-state index in [4.69, 9.17) is 5.11 Å². The maximum Gasteiger partial charge on any atom is 0.0603 e. The van der Waals surface area contributed by atoms with Crippen LogP contribution in [0.2, 0.25) is 0 Å². The Morgan fingerprint density at radius 2 is 1.93 bits per heavy atom. The van der Waals surface area contributed by atoms with Crippen molar-refractivity contribution >= 4 is 0 Å². The average Bonchev–Trinajstić information content (AvgIpc) is 2.14. The van der Waals surface area contributed by atoms with Crippen molar-refractivity contribution in [3.8, 4) is 0 Å². The molecule has 0 saturated heterocycles. The van der Waals surface area contributed by atoms with Crippen LogP contribution in [0.5, 0.6) is 0 Å². The SMILES string of the molecule is CC(NCCO)=C1CCC(C)(C)CC1. The molecule has 0 heterocycles. The Morgan fingerprint density at radius 3 is 2.43 bits per heavy atom. The van der Waals surface area contributed by atoms with Gasteiger partial charge in [0.25, 0.3) is 0 Å². The van der Waals surface area contributed by atoms with Crippen molar-refractivity contribution in [2.45, 2.75) is 46.5 Å². The van der Waals surface area contributed by atoms with Crippen molar-refractivity contribution in [1.82, 2.24) is 5.32 Å². The summed E-state index contributed by atoms with van der Waals surface area (Å²) in [6, 6.07) is 0. The van der Waals surface area contributed by atoms with Crippen molar-refractivity contribution in [3.05, 3.63) is 11.3 Å². The van der Waals surface area contributed by atoms with E-state index in [0.717, 1.165) is 0 Å². The van der Waals surface area contributed by atoms with Crippen LogP contribution in [0.4, 0.5) is 0 Å². The molecule has 0 aromatic rings. The normalized spacial score (nSPS) is 20.7. The molecule has 2 heteroatoms. The van der Waals surface area contributed by atoms with E-state index in [1.54, 1.807) is 5.57 Å². The fourth-order valence-corrected chi connectivity index (χ4v) is 1.97. The van der Waals surface area contributed by atoms with E-state index >= 15 is 0 Å². The minimum atomic E-state index is 0.218. The van der Waals surface area contributed by atoms with Crippen molar-refractivity contribution in [1.29, 1.82) is 0 Å². The first-order chi connectivity index (χ1) is 6.55. The first kappa shape index (κ1) is 11.6. The highest BCUT2D eigenvalue weighted by atomic mass is 16.3. The summed E-state index contributed by atoms with van der Waals surface area (Å²) < 4.78 is 0. The van der Waals surface area contributed by atoms with Crippen LogP contribution in [0, 0.1) is 5.41 Å². The molecular formula is C12H23NO. The molecule has 1 fully saturated rings. The van der Waals surface area contributed by atoms with E-state index in [-0.39, 0.29) is 6.61 Å². The van der Waals surface area contributed by atoms with Gasteiger partial charge in [0.1, 0.15) is 0 Å². The molecule has 82 valence electrons. The third kappa shape index (κ3) is 3.33. The smallest absolute Gasteiger partial charge is 0.0603 e. The first-order valence-corrected chi connectivity index (χ1v) is 5.58. The quantitative estimate of drug-likeness (QED) is 0.728. The fraction of sp³-hybridized carbons (Fsp3) is 0.833. The second-order valence-electron chi connectivity index (χ2n) is 5.04. The lowest BCUT2D eigenvalue weighted by atomic mass is 9.75. The maximum atomic E-state index is 8.71. The van der Waals surface area contributed by atoms with Gasteiger partial charge in [-0.2, -0.15) is 0 Å². The highest BCUT2D eigenvalue weighted by Gasteiger charge is 2.24. The van der Waals surface area contributed by atoms with Crippen molar-refractivity contribution in [2.24, 2.45) is 5.41 Å². The Kier molecular flexibility index (Phi) is 3.99. The standard InChI is InChI=1S/C12H23NO/c1-10(13-8-9-14)11-4-6-12(2,3)7-5-11/h13-14H,4-9H2,1-3H3. The average molecular weight is 197 g/mol. The molecule has 0 radical (unpaired) electrons. The van der Waals surface area contributed by atoms with Gasteiger partial charge in [-0.3, -0.25) is 0 Å². The second kappa shape index (κ2) is 4.83. The molecule has 0 aliphatic heterocycles. The van der Waals surface area contributed by atoms with E-state index < -0.39 is 0 Å². The van der Waals surface area contributed by atoms with Crippen molar-refractivity contribution < 1.29 is 5.11 Å². The molecule has 0 atom stereocenters. The lowest BCUT2D eigenvalue weighted by Gasteiger charge is -2.31. The molecule has 0 bridgehead atoms. The first-order valence-electron chi connectivity index (χ1n) is 5.58. The lowest BCUT2D eigenvalue weighted by Crippen LogP contribution is -2.22. The zero-order valence-electron chi connectivity index (χ0n) is 9.69. The third-order valence-electron chi connectivity index (χ3n) is 3.24. The van der Waals surface area contributed by atoms with Crippen LogP contribution in [0.3, 0.4) is 0 Å². The van der Waals surface area contributed by atoms with Gasteiger partial charge in [-0.25, -0.2) is 0 Å². The van der Waals surface area contributed by atoms with Crippen LogP contribution < -0.4 is 5.32 Å². The third-order valence-corrected chi connectivity index (χ3v) is 3.24. The van der Waals surface area contributed by atoms with Crippen LogP contribution in [-0.4, -0.2) is 18.3 Å². The number of aliphatic hydroxyl groups excluding tert-OH is 1. The summed E-state index contributed by atoms with van der Waals surface area (Å²) in [6.45, 7) is 7.72. The molecule has 0 aromatic heterocycles. The van der Waals surface area contributed by atoms with E-state index in [1.807, 2.05) is 0 Å². The van der Waals surface area contributed by atoms with Crippen molar-refractivity contribution in [3.63, 3.8) is 0 Å². The molecule has 1 rings (SSSR count). The molecule has 0 unspecified atom stereocenters. The molecule has 1 aliphatic rings. The minimum absolute atomic E-state index is 0.218. The molecular weight excluding hydrogens is 174 g/mol. The predicted molar refractivity (Wildman–Crippen MR) is 60.0 cm³/mol. The Hall–Kier alpha value is -0.500. The molecule has 2 N–H and O–H groups in total. The summed E-state index contributed by atoms with van der Waals surface area (Å²) in [6.07, 6.45) is 5.02. The highest BCUT2D eigenvalue weighted by Crippen LogP contribution is 2.38. The summed E-state index contributed by atoms with van der Waals surface area (Å²) in [5.74, 6) is 0. The number of allylic oxidation sites excluding steroid dienone is 2. The summed E-state index contributed by atoms with van der Waals surface area (Å²) >= 11 is 0. The van der Waals surface area contributed by atoms with Crippen LogP contribution in [-0.2, 0) is 0 Å². The van der Waals surface area contributed by atoms with E-state index in [9.17, 15) is 0 Å². The minimum Gasteiger partial charge on any atom is -0.395 e. The molecule has 1 saturated carbocycles. The zero-order chi connectivity index (χ0) is 10.6. The molecule has 14 heavy (non-hydrogen) atoms. The van der Waals surface area contributed by atoms with Crippen LogP contribution in [0.1, 0.15) is 46.5 Å². The summed E-state index contributed by atoms with van der Waals surface area (Å²) in [5, 5.41) is 12.0. The summed E-state index contributed by atoms with van der Waals surface area (Å²) in [4.78, 5) is 0. The Morgan fingerprint density at radius 1 is 1.36 bits per heavy atom. The van der Waals surface area contributed by atoms with Gasteiger partial charge in [-0.15, -0.1) is 0 Å². The van der Waals surface area contributed by atoms with E-state index in [2.05, 4.69) is 26.1 Å². The largest absolute Gasteiger partial charge is 0.395 e. The molecule has 2 nitrogen and oxygen atoms in total. The molecule has 0 aromatic carbocycles. The predicted octanol–water partition coefficient (Wildman–Crippen LogP) is 2.44. The number of hydrogen-bond acceptors (Lipinski definition) is 2. The van der Waals surface area contributed by atoms with Gasteiger partial charge in [-0.1, -0.05) is 19.4 Å². The van der Waals surface area contributed by atoms with Gasteiger partial charge in [0, 0.05) is 12.2 Å². The van der Waals surface area contributed by atoms with Gasteiger partial charge in [0.05, 0.1) is 6.61 Å². The summed E-state index contributed by atoms with van der Waals surface area (Å²) in [7, 11) is 0.